The average Bonchev–Trinajstić information content (AvgIpc) is 3.52. The number of methoxy groups -OCH3 is 1. The first-order valence-electron chi connectivity index (χ1n) is 10.4. The largest absolute Gasteiger partial charge is 0.494 e. The van der Waals surface area contributed by atoms with Gasteiger partial charge in [-0.25, -0.2) is 9.65 Å². The molecule has 0 spiro atoms. The highest BCUT2D eigenvalue weighted by atomic mass is 35.5. The SMILES string of the molecule is COc1cc(Cl)cc(C(=O)Nc2ccc(Cl)cn2)c1NC(=O)c1scc(CN(C)P2OCCO2)c1Cl. The molecule has 3 heterocycles. The van der Waals surface area contributed by atoms with Gasteiger partial charge in [-0.2, -0.15) is 0 Å². The summed E-state index contributed by atoms with van der Waals surface area (Å²) in [4.78, 5) is 30.6. The van der Waals surface area contributed by atoms with E-state index in [9.17, 15) is 9.59 Å². The molecule has 1 aliphatic heterocycles. The summed E-state index contributed by atoms with van der Waals surface area (Å²) >= 11 is 19.8. The molecule has 1 aromatic carbocycles. The molecule has 9 nitrogen and oxygen atoms in total. The molecule has 1 aliphatic rings. The Kier molecular flexibility index (Phi) is 9.03. The van der Waals surface area contributed by atoms with Crippen LogP contribution in [-0.2, 0) is 15.6 Å². The lowest BCUT2D eigenvalue weighted by Crippen LogP contribution is -2.19. The molecule has 2 aromatic heterocycles. The molecule has 36 heavy (non-hydrogen) atoms. The first-order valence-corrected chi connectivity index (χ1v) is 13.6. The molecule has 3 aromatic rings. The van der Waals surface area contributed by atoms with E-state index in [2.05, 4.69) is 15.6 Å². The predicted octanol–water partition coefficient (Wildman–Crippen LogP) is 6.32. The number of benzene rings is 1. The third-order valence-corrected chi connectivity index (χ3v) is 8.43. The maximum atomic E-state index is 13.2. The van der Waals surface area contributed by atoms with E-state index < -0.39 is 20.3 Å². The lowest BCUT2D eigenvalue weighted by molar-refractivity contribution is 0.102. The van der Waals surface area contributed by atoms with Crippen LogP contribution in [-0.4, -0.2) is 48.8 Å². The molecule has 2 amide bonds. The Morgan fingerprint density at radius 1 is 1.14 bits per heavy atom. The molecule has 1 saturated heterocycles. The van der Waals surface area contributed by atoms with E-state index in [1.165, 1.54) is 36.8 Å². The molecule has 0 atom stereocenters. The Hall–Kier alpha value is -2.01. The zero-order valence-corrected chi connectivity index (χ0v) is 23.0. The van der Waals surface area contributed by atoms with Gasteiger partial charge in [0.1, 0.15) is 16.4 Å². The summed E-state index contributed by atoms with van der Waals surface area (Å²) in [5.41, 5.74) is 0.971. The van der Waals surface area contributed by atoms with Crippen molar-refractivity contribution in [3.05, 3.63) is 66.9 Å². The number of amides is 2. The highest BCUT2D eigenvalue weighted by Gasteiger charge is 2.26. The summed E-state index contributed by atoms with van der Waals surface area (Å²) in [7, 11) is 2.13. The Morgan fingerprint density at radius 2 is 1.89 bits per heavy atom. The molecule has 0 radical (unpaired) electrons. The normalized spacial score (nSPS) is 13.7. The zero-order chi connectivity index (χ0) is 25.8. The number of carbonyl (C=O) groups is 2. The van der Waals surface area contributed by atoms with Gasteiger partial charge in [-0.1, -0.05) is 34.8 Å². The summed E-state index contributed by atoms with van der Waals surface area (Å²) in [6.07, 6.45) is 1.40. The third-order valence-electron chi connectivity index (χ3n) is 4.91. The van der Waals surface area contributed by atoms with Crippen LogP contribution in [0.4, 0.5) is 11.5 Å². The number of hydrogen-bond acceptors (Lipinski definition) is 8. The van der Waals surface area contributed by atoms with Crippen LogP contribution >= 0.6 is 54.7 Å². The van der Waals surface area contributed by atoms with Gasteiger partial charge in [0.15, 0.2) is 0 Å². The van der Waals surface area contributed by atoms with Crippen LogP contribution in [0.15, 0.2) is 35.8 Å². The Labute approximate surface area is 227 Å². The van der Waals surface area contributed by atoms with Gasteiger partial charge >= 0.3 is 0 Å². The van der Waals surface area contributed by atoms with Crippen LogP contribution in [0.1, 0.15) is 25.6 Å². The van der Waals surface area contributed by atoms with Gasteiger partial charge in [0.05, 0.1) is 41.6 Å². The first-order chi connectivity index (χ1) is 17.3. The molecule has 190 valence electrons. The average molecular weight is 590 g/mol. The maximum Gasteiger partial charge on any atom is 0.267 e. The quantitative estimate of drug-likeness (QED) is 0.296. The van der Waals surface area contributed by atoms with Crippen molar-refractivity contribution >= 4 is 78.0 Å². The summed E-state index contributed by atoms with van der Waals surface area (Å²) in [6.45, 7) is 1.54. The number of carbonyl (C=O) groups excluding carboxylic acids is 2. The molecule has 14 heteroatoms. The van der Waals surface area contributed by atoms with Gasteiger partial charge in [0.25, 0.3) is 20.3 Å². The van der Waals surface area contributed by atoms with Crippen molar-refractivity contribution in [2.45, 2.75) is 6.54 Å². The van der Waals surface area contributed by atoms with E-state index in [1.807, 2.05) is 11.7 Å². The molecular weight excluding hydrogens is 570 g/mol. The molecule has 0 saturated carbocycles. The van der Waals surface area contributed by atoms with Crippen LogP contribution in [0.25, 0.3) is 0 Å². The fourth-order valence-electron chi connectivity index (χ4n) is 3.26. The highest BCUT2D eigenvalue weighted by molar-refractivity contribution is 7.44. The summed E-state index contributed by atoms with van der Waals surface area (Å²) in [5.74, 6) is -0.583. The van der Waals surface area contributed by atoms with Crippen molar-refractivity contribution in [1.82, 2.24) is 9.65 Å². The van der Waals surface area contributed by atoms with Crippen LogP contribution in [0, 0.1) is 0 Å². The number of anilines is 2. The van der Waals surface area contributed by atoms with Gasteiger partial charge in [-0.05, 0) is 36.2 Å². The number of rotatable bonds is 8. The molecule has 2 N–H and O–H groups in total. The zero-order valence-electron chi connectivity index (χ0n) is 19.0. The second kappa shape index (κ2) is 12.0. The molecule has 0 unspecified atom stereocenters. The van der Waals surface area contributed by atoms with Crippen molar-refractivity contribution < 1.29 is 23.4 Å². The van der Waals surface area contributed by atoms with Gasteiger partial charge in [0, 0.05) is 23.8 Å². The van der Waals surface area contributed by atoms with Crippen LogP contribution in [0.3, 0.4) is 0 Å². The molecule has 0 aliphatic carbocycles. The first kappa shape index (κ1) is 27.0. The number of nitrogens with one attached hydrogen (secondary N) is 2. The van der Waals surface area contributed by atoms with E-state index in [0.29, 0.717) is 29.8 Å². The number of aromatic nitrogens is 1. The number of nitrogens with zero attached hydrogens (tertiary/aromatic N) is 2. The van der Waals surface area contributed by atoms with Crippen molar-refractivity contribution in [2.24, 2.45) is 0 Å². The van der Waals surface area contributed by atoms with Gasteiger partial charge < -0.3 is 24.4 Å². The second-order valence-electron chi connectivity index (χ2n) is 7.42. The third kappa shape index (κ3) is 6.27. The van der Waals surface area contributed by atoms with E-state index >= 15 is 0 Å². The van der Waals surface area contributed by atoms with Gasteiger partial charge in [-0.15, -0.1) is 11.3 Å². The van der Waals surface area contributed by atoms with E-state index in [1.54, 1.807) is 17.5 Å². The van der Waals surface area contributed by atoms with Crippen LogP contribution in [0.2, 0.25) is 15.1 Å². The molecule has 1 fully saturated rings. The van der Waals surface area contributed by atoms with Crippen LogP contribution < -0.4 is 15.4 Å². The fourth-order valence-corrected chi connectivity index (χ4v) is 6.02. The monoisotopic (exact) mass is 588 g/mol. The van der Waals surface area contributed by atoms with E-state index in [-0.39, 0.29) is 32.7 Å². The van der Waals surface area contributed by atoms with Gasteiger partial charge in [0.2, 0.25) is 0 Å². The summed E-state index contributed by atoms with van der Waals surface area (Å²) < 4.78 is 18.4. The molecular formula is C22H20Cl3N4O5PS. The van der Waals surface area contributed by atoms with Crippen molar-refractivity contribution in [3.63, 3.8) is 0 Å². The Balaban J connectivity index is 1.57. The number of pyridine rings is 1. The second-order valence-corrected chi connectivity index (χ2v) is 11.2. The van der Waals surface area contributed by atoms with Gasteiger partial charge in [-0.3, -0.25) is 9.59 Å². The van der Waals surface area contributed by atoms with E-state index in [0.717, 1.165) is 5.56 Å². The number of halogens is 3. The smallest absolute Gasteiger partial charge is 0.267 e. The minimum atomic E-state index is -1.14. The van der Waals surface area contributed by atoms with E-state index in [4.69, 9.17) is 48.6 Å². The van der Waals surface area contributed by atoms with Crippen molar-refractivity contribution in [3.8, 4) is 5.75 Å². The molecule has 4 rings (SSSR count). The highest BCUT2D eigenvalue weighted by Crippen LogP contribution is 2.46. The lowest BCUT2D eigenvalue weighted by atomic mass is 10.1. The minimum absolute atomic E-state index is 0.0791. The number of ether oxygens (including phenoxy) is 1. The minimum Gasteiger partial charge on any atom is -0.494 e. The standard InChI is InChI=1S/C22H20Cl3N4O5PS/c1-29(35-33-5-6-34-35)10-12-11-36-20(18(12)25)22(31)28-19-15(7-14(24)8-16(19)32-2)21(30)27-17-4-3-13(23)9-26-17/h3-4,7-9,11H,5-6,10H2,1-2H3,(H,28,31)(H,26,27,30). The maximum absolute atomic E-state index is 13.2. The summed E-state index contributed by atoms with van der Waals surface area (Å²) in [5, 5.41) is 8.19. The topological polar surface area (TPSA) is 102 Å². The Morgan fingerprint density at radius 3 is 2.56 bits per heavy atom. The number of thiophene rings is 1. The lowest BCUT2D eigenvalue weighted by Gasteiger charge is -2.20. The van der Waals surface area contributed by atoms with Crippen molar-refractivity contribution in [1.29, 1.82) is 0 Å². The summed E-state index contributed by atoms with van der Waals surface area (Å²) in [6, 6.07) is 6.05. The molecule has 0 bridgehead atoms. The van der Waals surface area contributed by atoms with Crippen LogP contribution in [0.5, 0.6) is 5.75 Å². The fraction of sp³-hybridized carbons (Fsp3) is 0.227. The van der Waals surface area contributed by atoms with Crippen molar-refractivity contribution in [2.75, 3.05) is 38.0 Å². The Bertz CT molecular complexity index is 1270. The predicted molar refractivity (Wildman–Crippen MR) is 143 cm³/mol. The number of hydrogen-bond donors (Lipinski definition) is 2.